The molecule has 0 saturated carbocycles. The van der Waals surface area contributed by atoms with Gasteiger partial charge in [-0.05, 0) is 27.0 Å². The van der Waals surface area contributed by atoms with Gasteiger partial charge in [0.2, 0.25) is 0 Å². The van der Waals surface area contributed by atoms with Gasteiger partial charge in [-0.1, -0.05) is 18.2 Å². The van der Waals surface area contributed by atoms with E-state index in [1.54, 1.807) is 7.11 Å². The molecule has 0 amide bonds. The van der Waals surface area contributed by atoms with E-state index in [2.05, 4.69) is 36.2 Å². The number of methoxy groups -OCH3 is 1. The third-order valence-electron chi connectivity index (χ3n) is 3.79. The maximum Gasteiger partial charge on any atom is 0.134 e. The van der Waals surface area contributed by atoms with Crippen molar-refractivity contribution in [3.63, 3.8) is 0 Å². The van der Waals surface area contributed by atoms with Crippen LogP contribution in [0.3, 0.4) is 0 Å². The zero-order valence-electron chi connectivity index (χ0n) is 13.5. The normalized spacial score (nSPS) is 11.9. The van der Waals surface area contributed by atoms with E-state index < -0.39 is 0 Å². The maximum atomic E-state index is 6.00. The summed E-state index contributed by atoms with van der Waals surface area (Å²) in [5.74, 6) is 1.03. The molecule has 0 unspecified atom stereocenters. The quantitative estimate of drug-likeness (QED) is 0.811. The van der Waals surface area contributed by atoms with Crippen molar-refractivity contribution >= 4 is 11.0 Å². The number of fused-ring (bicyclic) bond motifs is 1. The maximum absolute atomic E-state index is 6.00. The van der Waals surface area contributed by atoms with Crippen molar-refractivity contribution in [1.82, 2.24) is 10.2 Å². The molecule has 0 spiro atoms. The molecule has 2 rings (SSSR count). The molecule has 2 aromatic rings. The second-order valence-electron chi connectivity index (χ2n) is 5.59. The van der Waals surface area contributed by atoms with Crippen LogP contribution in [0.5, 0.6) is 0 Å². The van der Waals surface area contributed by atoms with Gasteiger partial charge in [0.05, 0.1) is 13.2 Å². The summed E-state index contributed by atoms with van der Waals surface area (Å²) in [7, 11) is 3.69. The molecule has 0 saturated heterocycles. The Bertz CT molecular complexity index is 563. The molecule has 0 atom stereocenters. The lowest BCUT2D eigenvalue weighted by molar-refractivity contribution is 0.124. The number of benzene rings is 1. The van der Waals surface area contributed by atoms with Crippen molar-refractivity contribution in [3.8, 4) is 0 Å². The van der Waals surface area contributed by atoms with Gasteiger partial charge in [0.1, 0.15) is 11.3 Å². The number of hydrogen-bond acceptors (Lipinski definition) is 4. The van der Waals surface area contributed by atoms with Crippen LogP contribution in [0.15, 0.2) is 28.7 Å². The lowest BCUT2D eigenvalue weighted by Gasteiger charge is -2.26. The number of ether oxygens (including phenoxy) is 1. The highest BCUT2D eigenvalue weighted by atomic mass is 16.5. The summed E-state index contributed by atoms with van der Waals surface area (Å²) in [6.45, 7) is 7.74. The van der Waals surface area contributed by atoms with Crippen molar-refractivity contribution < 1.29 is 9.15 Å². The molecule has 116 valence electrons. The highest BCUT2D eigenvalue weighted by Gasteiger charge is 2.18. The second-order valence-corrected chi connectivity index (χ2v) is 5.59. The highest BCUT2D eigenvalue weighted by molar-refractivity contribution is 5.82. The molecule has 4 nitrogen and oxygen atoms in total. The van der Waals surface area contributed by atoms with Gasteiger partial charge in [0.15, 0.2) is 0 Å². The van der Waals surface area contributed by atoms with Crippen LogP contribution in [0.2, 0.25) is 0 Å². The Kier molecular flexibility index (Phi) is 5.79. The molecule has 0 aliphatic carbocycles. The fourth-order valence-electron chi connectivity index (χ4n) is 2.56. The van der Waals surface area contributed by atoms with Crippen molar-refractivity contribution in [2.75, 3.05) is 27.3 Å². The number of hydrogen-bond donors (Lipinski definition) is 1. The standard InChI is InChI=1S/C17H26N2O2/c1-13(2)19(9-10-20-4)12-15-14-7-5-6-8-16(14)21-17(15)11-18-3/h5-8,13,18H,9-12H2,1-4H3. The van der Waals surface area contributed by atoms with Crippen LogP contribution in [0.25, 0.3) is 11.0 Å². The number of furan rings is 1. The van der Waals surface area contributed by atoms with Gasteiger partial charge in [-0.15, -0.1) is 0 Å². The van der Waals surface area contributed by atoms with Gasteiger partial charge in [-0.3, -0.25) is 4.90 Å². The summed E-state index contributed by atoms with van der Waals surface area (Å²) < 4.78 is 11.2. The first-order valence-electron chi connectivity index (χ1n) is 7.54. The third-order valence-corrected chi connectivity index (χ3v) is 3.79. The first kappa shape index (κ1) is 16.0. The van der Waals surface area contributed by atoms with E-state index in [9.17, 15) is 0 Å². The van der Waals surface area contributed by atoms with Crippen LogP contribution in [-0.2, 0) is 17.8 Å². The highest BCUT2D eigenvalue weighted by Crippen LogP contribution is 2.27. The second kappa shape index (κ2) is 7.59. The van der Waals surface area contributed by atoms with Gasteiger partial charge in [0.25, 0.3) is 0 Å². The zero-order valence-corrected chi connectivity index (χ0v) is 13.5. The Labute approximate surface area is 127 Å². The number of nitrogens with zero attached hydrogens (tertiary/aromatic N) is 1. The topological polar surface area (TPSA) is 37.6 Å². The summed E-state index contributed by atoms with van der Waals surface area (Å²) in [5, 5.41) is 4.41. The minimum Gasteiger partial charge on any atom is -0.459 e. The average molecular weight is 290 g/mol. The Morgan fingerprint density at radius 1 is 1.29 bits per heavy atom. The predicted octanol–water partition coefficient (Wildman–Crippen LogP) is 3.01. The minimum absolute atomic E-state index is 0.469. The molecule has 4 heteroatoms. The van der Waals surface area contributed by atoms with E-state index >= 15 is 0 Å². The first-order chi connectivity index (χ1) is 10.2. The van der Waals surface area contributed by atoms with Crippen molar-refractivity contribution in [2.24, 2.45) is 0 Å². The van der Waals surface area contributed by atoms with Gasteiger partial charge in [-0.2, -0.15) is 0 Å². The zero-order chi connectivity index (χ0) is 15.2. The van der Waals surface area contributed by atoms with E-state index in [0.29, 0.717) is 6.04 Å². The third kappa shape index (κ3) is 3.84. The molecule has 0 aliphatic rings. The molecule has 1 aromatic carbocycles. The summed E-state index contributed by atoms with van der Waals surface area (Å²) in [4.78, 5) is 2.42. The predicted molar refractivity (Wildman–Crippen MR) is 86.4 cm³/mol. The van der Waals surface area contributed by atoms with E-state index in [4.69, 9.17) is 9.15 Å². The summed E-state index contributed by atoms with van der Waals surface area (Å²) >= 11 is 0. The lowest BCUT2D eigenvalue weighted by Crippen LogP contribution is -2.33. The molecule has 1 aromatic heterocycles. The van der Waals surface area contributed by atoms with Crippen molar-refractivity contribution in [1.29, 1.82) is 0 Å². The van der Waals surface area contributed by atoms with Crippen LogP contribution < -0.4 is 5.32 Å². The molecule has 1 heterocycles. The van der Waals surface area contributed by atoms with Crippen molar-refractivity contribution in [2.45, 2.75) is 33.0 Å². The summed E-state index contributed by atoms with van der Waals surface area (Å²) in [6.07, 6.45) is 0. The Hall–Kier alpha value is -1.36. The van der Waals surface area contributed by atoms with Gasteiger partial charge in [-0.25, -0.2) is 0 Å². The van der Waals surface area contributed by atoms with Gasteiger partial charge in [0, 0.05) is 37.2 Å². The fraction of sp³-hybridized carbons (Fsp3) is 0.529. The summed E-state index contributed by atoms with van der Waals surface area (Å²) in [5.41, 5.74) is 2.25. The van der Waals surface area contributed by atoms with E-state index in [-0.39, 0.29) is 0 Å². The van der Waals surface area contributed by atoms with Gasteiger partial charge >= 0.3 is 0 Å². The van der Waals surface area contributed by atoms with Crippen LogP contribution >= 0.6 is 0 Å². The smallest absolute Gasteiger partial charge is 0.134 e. The van der Waals surface area contributed by atoms with Gasteiger partial charge < -0.3 is 14.5 Å². The monoisotopic (exact) mass is 290 g/mol. The SMILES string of the molecule is CNCc1oc2ccccc2c1CN(CCOC)C(C)C. The lowest BCUT2D eigenvalue weighted by atomic mass is 10.1. The minimum atomic E-state index is 0.469. The molecule has 1 N–H and O–H groups in total. The van der Waals surface area contributed by atoms with E-state index in [0.717, 1.165) is 37.6 Å². The van der Waals surface area contributed by atoms with Crippen molar-refractivity contribution in [3.05, 3.63) is 35.6 Å². The van der Waals surface area contributed by atoms with E-state index in [1.165, 1.54) is 10.9 Å². The summed E-state index contributed by atoms with van der Waals surface area (Å²) in [6, 6.07) is 8.73. The largest absolute Gasteiger partial charge is 0.459 e. The molecular weight excluding hydrogens is 264 g/mol. The first-order valence-corrected chi connectivity index (χ1v) is 7.54. The Balaban J connectivity index is 2.31. The van der Waals surface area contributed by atoms with Crippen LogP contribution in [-0.4, -0.2) is 38.3 Å². The molecule has 0 fully saturated rings. The van der Waals surface area contributed by atoms with E-state index in [1.807, 2.05) is 19.2 Å². The average Bonchev–Trinajstić information content (AvgIpc) is 2.81. The molecular formula is C17H26N2O2. The van der Waals surface area contributed by atoms with Crippen LogP contribution in [0, 0.1) is 0 Å². The van der Waals surface area contributed by atoms with Crippen LogP contribution in [0.4, 0.5) is 0 Å². The Morgan fingerprint density at radius 3 is 2.71 bits per heavy atom. The number of rotatable bonds is 8. The fourth-order valence-corrected chi connectivity index (χ4v) is 2.56. The molecule has 0 radical (unpaired) electrons. The molecule has 0 aliphatic heterocycles. The number of para-hydroxylation sites is 1. The number of nitrogens with one attached hydrogen (secondary N) is 1. The van der Waals surface area contributed by atoms with Crippen LogP contribution in [0.1, 0.15) is 25.2 Å². The molecule has 0 bridgehead atoms. The Morgan fingerprint density at radius 2 is 2.05 bits per heavy atom. The molecule has 21 heavy (non-hydrogen) atoms.